The molecule has 1 unspecified atom stereocenters. The highest BCUT2D eigenvalue weighted by molar-refractivity contribution is 5.89. The second kappa shape index (κ2) is 7.84. The van der Waals surface area contributed by atoms with Crippen LogP contribution in [0.25, 0.3) is 0 Å². The van der Waals surface area contributed by atoms with Gasteiger partial charge in [0.15, 0.2) is 5.60 Å². The van der Waals surface area contributed by atoms with E-state index in [0.29, 0.717) is 18.5 Å². The molecule has 158 valence electrons. The van der Waals surface area contributed by atoms with Crippen LogP contribution in [0, 0.1) is 0 Å². The van der Waals surface area contributed by atoms with E-state index in [-0.39, 0.29) is 43.4 Å². The maximum absolute atomic E-state index is 13.2. The van der Waals surface area contributed by atoms with Crippen LogP contribution in [-0.4, -0.2) is 62.2 Å². The number of hydrogen-bond donors (Lipinski definition) is 0. The van der Waals surface area contributed by atoms with Crippen LogP contribution in [0.4, 0.5) is 4.39 Å². The molecule has 3 fully saturated rings. The minimum absolute atomic E-state index is 0.0228. The van der Waals surface area contributed by atoms with Gasteiger partial charge in [-0.15, -0.1) is 10.2 Å². The third-order valence-electron chi connectivity index (χ3n) is 5.85. The van der Waals surface area contributed by atoms with Gasteiger partial charge < -0.3 is 19.1 Å². The van der Waals surface area contributed by atoms with Gasteiger partial charge in [0.2, 0.25) is 5.88 Å². The maximum Gasteiger partial charge on any atom is 0.257 e. The van der Waals surface area contributed by atoms with Gasteiger partial charge in [-0.25, -0.2) is 4.39 Å². The molecular formula is C20H22FN5O4. The average Bonchev–Trinajstić information content (AvgIpc) is 3.29. The quantitative estimate of drug-likeness (QED) is 0.674. The highest BCUT2D eigenvalue weighted by Gasteiger charge is 2.63. The van der Waals surface area contributed by atoms with Crippen LogP contribution in [0.3, 0.4) is 0 Å². The number of fused-ring (bicyclic) bond motifs is 1. The predicted octanol–water partition coefficient (Wildman–Crippen LogP) is 1.75. The summed E-state index contributed by atoms with van der Waals surface area (Å²) < 4.78 is 29.2. The molecule has 30 heavy (non-hydrogen) atoms. The number of hydrogen-bond acceptors (Lipinski definition) is 8. The topological polar surface area (TPSA) is 99.6 Å². The molecule has 3 aliphatic rings. The number of alkyl halides is 1. The summed E-state index contributed by atoms with van der Waals surface area (Å²) in [5.74, 6) is 0.303. The summed E-state index contributed by atoms with van der Waals surface area (Å²) in [7, 11) is 0. The molecule has 1 saturated carbocycles. The van der Waals surface area contributed by atoms with E-state index in [2.05, 4.69) is 20.2 Å². The molecule has 2 aliphatic heterocycles. The first kappa shape index (κ1) is 19.3. The Morgan fingerprint density at radius 1 is 1.23 bits per heavy atom. The van der Waals surface area contributed by atoms with E-state index in [9.17, 15) is 9.18 Å². The Balaban J connectivity index is 1.15. The van der Waals surface area contributed by atoms with Gasteiger partial charge in [-0.05, 0) is 18.9 Å². The van der Waals surface area contributed by atoms with Crippen molar-refractivity contribution in [2.24, 2.45) is 0 Å². The number of halogens is 1. The van der Waals surface area contributed by atoms with E-state index in [1.165, 1.54) is 0 Å². The minimum atomic E-state index is -0.786. The zero-order chi connectivity index (χ0) is 20.6. The van der Waals surface area contributed by atoms with Crippen LogP contribution in [0.5, 0.6) is 5.88 Å². The van der Waals surface area contributed by atoms with E-state index < -0.39 is 12.3 Å². The van der Waals surface area contributed by atoms with E-state index in [4.69, 9.17) is 14.2 Å². The van der Waals surface area contributed by atoms with Crippen LogP contribution in [0.1, 0.15) is 43.1 Å². The van der Waals surface area contributed by atoms with Gasteiger partial charge in [-0.2, -0.15) is 0 Å². The van der Waals surface area contributed by atoms with E-state index in [1.54, 1.807) is 30.7 Å². The van der Waals surface area contributed by atoms with Gasteiger partial charge in [0, 0.05) is 31.3 Å². The molecule has 0 bridgehead atoms. The Bertz CT molecular complexity index is 894. The van der Waals surface area contributed by atoms with Crippen molar-refractivity contribution < 1.29 is 23.4 Å². The summed E-state index contributed by atoms with van der Waals surface area (Å²) in [6.07, 6.45) is 7.39. The molecule has 2 saturated heterocycles. The molecule has 5 rings (SSSR count). The summed E-state index contributed by atoms with van der Waals surface area (Å²) >= 11 is 0. The fourth-order valence-corrected chi connectivity index (χ4v) is 4.40. The fraction of sp³-hybridized carbons (Fsp3) is 0.550. The van der Waals surface area contributed by atoms with Gasteiger partial charge >= 0.3 is 0 Å². The lowest BCUT2D eigenvalue weighted by Crippen LogP contribution is -2.54. The Kier molecular flexibility index (Phi) is 5.03. The van der Waals surface area contributed by atoms with Crippen LogP contribution in [0.2, 0.25) is 0 Å². The van der Waals surface area contributed by atoms with Gasteiger partial charge in [0.05, 0.1) is 36.3 Å². The molecular weight excluding hydrogens is 393 g/mol. The van der Waals surface area contributed by atoms with Crippen LogP contribution < -0.4 is 4.74 Å². The number of carbonyl (C=O) groups excluding carboxylic acids is 1. The van der Waals surface area contributed by atoms with Crippen molar-refractivity contribution in [1.82, 2.24) is 25.1 Å². The molecule has 1 aliphatic carbocycles. The fourth-order valence-electron chi connectivity index (χ4n) is 4.40. The Morgan fingerprint density at radius 2 is 2.13 bits per heavy atom. The van der Waals surface area contributed by atoms with Crippen molar-refractivity contribution in [3.05, 3.63) is 42.1 Å². The monoisotopic (exact) mass is 415 g/mol. The van der Waals surface area contributed by atoms with E-state index in [1.807, 2.05) is 4.90 Å². The smallest absolute Gasteiger partial charge is 0.257 e. The highest BCUT2D eigenvalue weighted by Crippen LogP contribution is 2.51. The van der Waals surface area contributed by atoms with Crippen molar-refractivity contribution in [3.8, 4) is 5.88 Å². The maximum atomic E-state index is 13.2. The van der Waals surface area contributed by atoms with Gasteiger partial charge in [-0.3, -0.25) is 14.8 Å². The largest absolute Gasteiger partial charge is 0.474 e. The molecule has 2 atom stereocenters. The first-order valence-corrected chi connectivity index (χ1v) is 10.1. The van der Waals surface area contributed by atoms with E-state index >= 15 is 0 Å². The number of carbonyl (C=O) groups is 1. The third kappa shape index (κ3) is 3.39. The van der Waals surface area contributed by atoms with Crippen molar-refractivity contribution in [2.75, 3.05) is 13.3 Å². The molecule has 2 aromatic rings. The molecule has 0 radical (unpaired) electrons. The van der Waals surface area contributed by atoms with Crippen LogP contribution in [-0.2, 0) is 20.9 Å². The number of aromatic nitrogens is 4. The molecule has 0 aromatic carbocycles. The summed E-state index contributed by atoms with van der Waals surface area (Å²) in [4.78, 5) is 23.5. The number of rotatable bonds is 7. The van der Waals surface area contributed by atoms with Gasteiger partial charge in [0.1, 0.15) is 19.5 Å². The minimum Gasteiger partial charge on any atom is -0.474 e. The molecule has 2 aromatic heterocycles. The number of nitrogens with zero attached hydrogens (tertiary/aromatic N) is 5. The zero-order valence-electron chi connectivity index (χ0n) is 16.3. The van der Waals surface area contributed by atoms with Crippen LogP contribution in [0.15, 0.2) is 30.7 Å². The van der Waals surface area contributed by atoms with Crippen molar-refractivity contribution in [2.45, 2.75) is 56.3 Å². The van der Waals surface area contributed by atoms with Gasteiger partial charge in [0.25, 0.3) is 5.91 Å². The summed E-state index contributed by atoms with van der Waals surface area (Å²) in [5.41, 5.74) is 0.663. The molecule has 10 heteroatoms. The van der Waals surface area contributed by atoms with Gasteiger partial charge in [-0.1, -0.05) is 0 Å². The normalized spacial score (nSPS) is 29.8. The predicted molar refractivity (Wildman–Crippen MR) is 99.8 cm³/mol. The van der Waals surface area contributed by atoms with Crippen molar-refractivity contribution in [3.63, 3.8) is 0 Å². The average molecular weight is 415 g/mol. The molecule has 1 amide bonds. The molecule has 0 N–H and O–H groups in total. The molecule has 4 heterocycles. The third-order valence-corrected chi connectivity index (χ3v) is 5.85. The first-order chi connectivity index (χ1) is 14.7. The zero-order valence-corrected chi connectivity index (χ0v) is 16.3. The summed E-state index contributed by atoms with van der Waals surface area (Å²) in [5, 5.41) is 7.90. The lowest BCUT2D eigenvalue weighted by atomic mass is 9.76. The summed E-state index contributed by atoms with van der Waals surface area (Å²) in [6, 6.07) is 3.28. The van der Waals surface area contributed by atoms with Crippen molar-refractivity contribution >= 4 is 5.91 Å². The summed E-state index contributed by atoms with van der Waals surface area (Å²) in [6.45, 7) is -0.340. The van der Waals surface area contributed by atoms with Crippen LogP contribution >= 0.6 is 0 Å². The molecule has 9 nitrogen and oxygen atoms in total. The number of amides is 1. The number of ether oxygens (including phenoxy) is 3. The standard InChI is InChI=1S/C20H22FN5O4/c21-5-8-28-17-3-1-13(24-25-17)12-29-14-9-20(10-14)19(27)26-16(2-4-18(26)30-20)15-11-22-6-7-23-15/h1,3,6-7,11,14,16,18H,2,4-5,8-10,12H2/t14?,16-,18?,20?/m0/s1. The van der Waals surface area contributed by atoms with Crippen molar-refractivity contribution in [1.29, 1.82) is 0 Å². The Labute approximate surface area is 172 Å². The SMILES string of the molecule is O=C1N2C(CC[C@H]2c2cnccn2)OC12CC(OCc1ccc(OCCF)nn1)C2. The molecule has 1 spiro atoms. The first-order valence-electron chi connectivity index (χ1n) is 10.1. The Hall–Kier alpha value is -2.72. The lowest BCUT2D eigenvalue weighted by molar-refractivity contribution is -0.177. The Morgan fingerprint density at radius 3 is 2.87 bits per heavy atom. The van der Waals surface area contributed by atoms with E-state index in [0.717, 1.165) is 18.5 Å². The second-order valence-electron chi connectivity index (χ2n) is 7.74. The highest BCUT2D eigenvalue weighted by atomic mass is 19.1. The second-order valence-corrected chi connectivity index (χ2v) is 7.74. The lowest BCUT2D eigenvalue weighted by Gasteiger charge is -2.42.